The number of aryl methyl sites for hydroxylation is 1. The molecular formula is C18H20O3. The number of esters is 1. The van der Waals surface area contributed by atoms with Gasteiger partial charge in [0.25, 0.3) is 0 Å². The predicted octanol–water partition coefficient (Wildman–Crippen LogP) is 3.42. The molecule has 2 rings (SSSR count). The Hall–Kier alpha value is -2.13. The van der Waals surface area contributed by atoms with Crippen molar-refractivity contribution >= 4 is 5.97 Å². The van der Waals surface area contributed by atoms with Crippen LogP contribution in [0, 0.1) is 0 Å². The van der Waals surface area contributed by atoms with Crippen LogP contribution in [0.3, 0.4) is 0 Å². The molecule has 3 heteroatoms. The highest BCUT2D eigenvalue weighted by Gasteiger charge is 2.14. The average molecular weight is 284 g/mol. The van der Waals surface area contributed by atoms with Crippen LogP contribution in [0.25, 0.3) is 0 Å². The lowest BCUT2D eigenvalue weighted by atomic mass is 10.0. The van der Waals surface area contributed by atoms with Gasteiger partial charge in [0.15, 0.2) is 0 Å². The molecule has 3 nitrogen and oxygen atoms in total. The van der Waals surface area contributed by atoms with Gasteiger partial charge in [-0.3, -0.25) is 4.79 Å². The van der Waals surface area contributed by atoms with Crippen molar-refractivity contribution in [2.24, 2.45) is 0 Å². The minimum absolute atomic E-state index is 0.0295. The Balaban J connectivity index is 1.83. The summed E-state index contributed by atoms with van der Waals surface area (Å²) in [4.78, 5) is 11.7. The van der Waals surface area contributed by atoms with Crippen LogP contribution in [0.15, 0.2) is 54.6 Å². The molecule has 1 atom stereocenters. The molecule has 2 aromatic carbocycles. The second-order valence-corrected chi connectivity index (χ2v) is 4.96. The topological polar surface area (TPSA) is 46.5 Å². The number of ether oxygens (including phenoxy) is 1. The number of hydrogen-bond donors (Lipinski definition) is 1. The average Bonchev–Trinajstić information content (AvgIpc) is 2.54. The first kappa shape index (κ1) is 15.3. The lowest BCUT2D eigenvalue weighted by molar-refractivity contribution is -0.147. The predicted molar refractivity (Wildman–Crippen MR) is 81.6 cm³/mol. The second kappa shape index (κ2) is 7.60. The molecule has 0 heterocycles. The third-order valence-electron chi connectivity index (χ3n) is 3.38. The van der Waals surface area contributed by atoms with Gasteiger partial charge in [-0.1, -0.05) is 61.5 Å². The third kappa shape index (κ3) is 4.72. The van der Waals surface area contributed by atoms with Crippen LogP contribution in [0.1, 0.15) is 36.1 Å². The fourth-order valence-corrected chi connectivity index (χ4v) is 2.05. The molecule has 2 aromatic rings. The zero-order chi connectivity index (χ0) is 15.1. The maximum atomic E-state index is 11.7. The van der Waals surface area contributed by atoms with Gasteiger partial charge in [0.05, 0.1) is 12.5 Å². The van der Waals surface area contributed by atoms with Crippen LogP contribution >= 0.6 is 0 Å². The third-order valence-corrected chi connectivity index (χ3v) is 3.38. The molecule has 0 aliphatic heterocycles. The van der Waals surface area contributed by atoms with Crippen LogP contribution in [0.5, 0.6) is 0 Å². The Kier molecular flexibility index (Phi) is 5.52. The maximum Gasteiger partial charge on any atom is 0.309 e. The highest BCUT2D eigenvalue weighted by molar-refractivity contribution is 5.70. The van der Waals surface area contributed by atoms with E-state index in [1.54, 1.807) is 0 Å². The van der Waals surface area contributed by atoms with Gasteiger partial charge in [-0.25, -0.2) is 0 Å². The summed E-state index contributed by atoms with van der Waals surface area (Å²) in [7, 11) is 0. The number of hydrogen-bond acceptors (Lipinski definition) is 3. The highest BCUT2D eigenvalue weighted by Crippen LogP contribution is 2.18. The van der Waals surface area contributed by atoms with Crippen molar-refractivity contribution in [1.82, 2.24) is 0 Å². The molecule has 0 radical (unpaired) electrons. The van der Waals surface area contributed by atoms with E-state index in [2.05, 4.69) is 6.92 Å². The van der Waals surface area contributed by atoms with Crippen LogP contribution in [0.2, 0.25) is 0 Å². The second-order valence-electron chi connectivity index (χ2n) is 4.96. The van der Waals surface area contributed by atoms with E-state index >= 15 is 0 Å². The summed E-state index contributed by atoms with van der Waals surface area (Å²) in [6, 6.07) is 17.1. The van der Waals surface area contributed by atoms with E-state index in [1.165, 1.54) is 5.56 Å². The van der Waals surface area contributed by atoms with E-state index < -0.39 is 12.1 Å². The first-order chi connectivity index (χ1) is 10.2. The van der Waals surface area contributed by atoms with Gasteiger partial charge in [0.2, 0.25) is 0 Å². The summed E-state index contributed by atoms with van der Waals surface area (Å²) in [5.74, 6) is -0.397. The van der Waals surface area contributed by atoms with Crippen molar-refractivity contribution < 1.29 is 14.6 Å². The summed E-state index contributed by atoms with van der Waals surface area (Å²) in [5, 5.41) is 10.1. The normalized spacial score (nSPS) is 11.9. The Morgan fingerprint density at radius 2 is 1.71 bits per heavy atom. The van der Waals surface area contributed by atoms with Crippen molar-refractivity contribution in [3.63, 3.8) is 0 Å². The van der Waals surface area contributed by atoms with Crippen LogP contribution in [0.4, 0.5) is 0 Å². The summed E-state index contributed by atoms with van der Waals surface area (Å²) in [6.45, 7) is 2.31. The van der Waals surface area contributed by atoms with Crippen molar-refractivity contribution in [3.8, 4) is 0 Å². The quantitative estimate of drug-likeness (QED) is 0.827. The molecule has 1 unspecified atom stereocenters. The highest BCUT2D eigenvalue weighted by atomic mass is 16.5. The molecule has 21 heavy (non-hydrogen) atoms. The lowest BCUT2D eigenvalue weighted by Crippen LogP contribution is -2.10. The van der Waals surface area contributed by atoms with E-state index in [1.807, 2.05) is 54.6 Å². The molecule has 0 aliphatic rings. The summed E-state index contributed by atoms with van der Waals surface area (Å²) in [6.07, 6.45) is 0.104. The van der Waals surface area contributed by atoms with E-state index in [0.717, 1.165) is 17.5 Å². The first-order valence-corrected chi connectivity index (χ1v) is 7.15. The monoisotopic (exact) mass is 284 g/mol. The number of carbonyl (C=O) groups is 1. The van der Waals surface area contributed by atoms with Gasteiger partial charge in [0.1, 0.15) is 6.61 Å². The molecule has 0 fully saturated rings. The largest absolute Gasteiger partial charge is 0.461 e. The number of rotatable bonds is 6. The van der Waals surface area contributed by atoms with Gasteiger partial charge in [-0.2, -0.15) is 0 Å². The minimum Gasteiger partial charge on any atom is -0.461 e. The van der Waals surface area contributed by atoms with Crippen LogP contribution < -0.4 is 0 Å². The lowest BCUT2D eigenvalue weighted by Gasteiger charge is -2.11. The first-order valence-electron chi connectivity index (χ1n) is 7.15. The standard InChI is InChI=1S/C18H20O3/c1-2-14-8-10-16(11-9-14)17(19)12-18(20)21-13-15-6-4-3-5-7-15/h3-11,17,19H,2,12-13H2,1H3. The molecule has 0 saturated carbocycles. The van der Waals surface area contributed by atoms with E-state index in [0.29, 0.717) is 0 Å². The zero-order valence-corrected chi connectivity index (χ0v) is 12.2. The van der Waals surface area contributed by atoms with Crippen molar-refractivity contribution in [2.45, 2.75) is 32.5 Å². The van der Waals surface area contributed by atoms with Gasteiger partial charge >= 0.3 is 5.97 Å². The molecule has 0 aromatic heterocycles. The molecule has 1 N–H and O–H groups in total. The Bertz CT molecular complexity index is 561. The number of aliphatic hydroxyl groups excluding tert-OH is 1. The van der Waals surface area contributed by atoms with Crippen molar-refractivity contribution in [2.75, 3.05) is 0 Å². The SMILES string of the molecule is CCc1ccc(C(O)CC(=O)OCc2ccccc2)cc1. The molecule has 0 aliphatic carbocycles. The van der Waals surface area contributed by atoms with Crippen molar-refractivity contribution in [1.29, 1.82) is 0 Å². The van der Waals surface area contributed by atoms with Crippen LogP contribution in [-0.4, -0.2) is 11.1 Å². The molecule has 0 bridgehead atoms. The van der Waals surface area contributed by atoms with Gasteiger partial charge in [-0.15, -0.1) is 0 Å². The smallest absolute Gasteiger partial charge is 0.309 e. The summed E-state index contributed by atoms with van der Waals surface area (Å²) < 4.78 is 5.17. The Morgan fingerprint density at radius 1 is 1.05 bits per heavy atom. The molecule has 110 valence electrons. The van der Waals surface area contributed by atoms with E-state index in [-0.39, 0.29) is 13.0 Å². The number of benzene rings is 2. The minimum atomic E-state index is -0.820. The van der Waals surface area contributed by atoms with E-state index in [9.17, 15) is 9.90 Å². The van der Waals surface area contributed by atoms with Crippen molar-refractivity contribution in [3.05, 3.63) is 71.3 Å². The number of carbonyl (C=O) groups excluding carboxylic acids is 1. The molecule has 0 spiro atoms. The fourth-order valence-electron chi connectivity index (χ4n) is 2.05. The summed E-state index contributed by atoms with van der Waals surface area (Å²) >= 11 is 0. The Morgan fingerprint density at radius 3 is 2.33 bits per heavy atom. The molecule has 0 amide bonds. The van der Waals surface area contributed by atoms with E-state index in [4.69, 9.17) is 4.74 Å². The molecule has 0 saturated heterocycles. The summed E-state index contributed by atoms with van der Waals surface area (Å²) in [5.41, 5.74) is 2.88. The fraction of sp³-hybridized carbons (Fsp3) is 0.278. The van der Waals surface area contributed by atoms with Crippen LogP contribution in [-0.2, 0) is 22.6 Å². The van der Waals surface area contributed by atoms with Gasteiger partial charge in [0, 0.05) is 0 Å². The Labute approximate surface area is 125 Å². The maximum absolute atomic E-state index is 11.7. The number of aliphatic hydroxyl groups is 1. The van der Waals surface area contributed by atoms with Gasteiger partial charge in [-0.05, 0) is 23.1 Å². The zero-order valence-electron chi connectivity index (χ0n) is 12.2. The van der Waals surface area contributed by atoms with Gasteiger partial charge < -0.3 is 9.84 Å². The molecular weight excluding hydrogens is 264 g/mol.